The Hall–Kier alpha value is -2.94. The first-order valence-corrected chi connectivity index (χ1v) is 9.02. The Morgan fingerprint density at radius 3 is 2.27 bits per heavy atom. The van der Waals surface area contributed by atoms with Crippen LogP contribution in [0.3, 0.4) is 0 Å². The van der Waals surface area contributed by atoms with Crippen LogP contribution in [0.5, 0.6) is 11.5 Å². The van der Waals surface area contributed by atoms with Crippen molar-refractivity contribution < 1.29 is 9.47 Å². The Bertz CT molecular complexity index is 774. The molecule has 3 nitrogen and oxygen atoms in total. The van der Waals surface area contributed by atoms with Crippen molar-refractivity contribution in [1.82, 2.24) is 0 Å². The molecule has 0 heterocycles. The second-order valence-corrected chi connectivity index (χ2v) is 6.23. The summed E-state index contributed by atoms with van der Waals surface area (Å²) in [7, 11) is 0. The molecule has 0 bridgehead atoms. The molecule has 1 N–H and O–H groups in total. The minimum absolute atomic E-state index is 0.0695. The van der Waals surface area contributed by atoms with Crippen LogP contribution in [0, 0.1) is 0 Å². The van der Waals surface area contributed by atoms with E-state index >= 15 is 0 Å². The second-order valence-electron chi connectivity index (χ2n) is 6.23. The van der Waals surface area contributed by atoms with Gasteiger partial charge in [0.25, 0.3) is 0 Å². The SMILES string of the molecule is CC(CNc1cccc(OCCc2ccccc2)c1)Oc1ccccc1. The number of ether oxygens (including phenoxy) is 2. The summed E-state index contributed by atoms with van der Waals surface area (Å²) >= 11 is 0. The Morgan fingerprint density at radius 2 is 1.50 bits per heavy atom. The van der Waals surface area contributed by atoms with Crippen LogP contribution in [0.2, 0.25) is 0 Å². The van der Waals surface area contributed by atoms with Gasteiger partial charge in [0, 0.05) is 18.2 Å². The van der Waals surface area contributed by atoms with Gasteiger partial charge >= 0.3 is 0 Å². The van der Waals surface area contributed by atoms with Gasteiger partial charge in [-0.05, 0) is 36.8 Å². The van der Waals surface area contributed by atoms with Crippen molar-refractivity contribution in [3.63, 3.8) is 0 Å². The molecule has 0 aromatic heterocycles. The molecule has 0 radical (unpaired) electrons. The van der Waals surface area contributed by atoms with Crippen LogP contribution in [0.25, 0.3) is 0 Å². The predicted octanol–water partition coefficient (Wildman–Crippen LogP) is 5.19. The molecule has 3 aromatic rings. The fourth-order valence-corrected chi connectivity index (χ4v) is 2.66. The van der Waals surface area contributed by atoms with Crippen molar-refractivity contribution in [2.24, 2.45) is 0 Å². The molecule has 0 amide bonds. The number of benzene rings is 3. The zero-order chi connectivity index (χ0) is 18.0. The Labute approximate surface area is 155 Å². The Morgan fingerprint density at radius 1 is 0.808 bits per heavy atom. The molecule has 0 aliphatic heterocycles. The summed E-state index contributed by atoms with van der Waals surface area (Å²) < 4.78 is 11.8. The van der Waals surface area contributed by atoms with E-state index in [-0.39, 0.29) is 6.10 Å². The minimum Gasteiger partial charge on any atom is -0.493 e. The maximum atomic E-state index is 5.89. The van der Waals surface area contributed by atoms with E-state index in [2.05, 4.69) is 36.5 Å². The quantitative estimate of drug-likeness (QED) is 0.578. The van der Waals surface area contributed by atoms with E-state index in [9.17, 15) is 0 Å². The summed E-state index contributed by atoms with van der Waals surface area (Å²) in [4.78, 5) is 0. The number of hydrogen-bond acceptors (Lipinski definition) is 3. The number of nitrogens with one attached hydrogen (secondary N) is 1. The van der Waals surface area contributed by atoms with Crippen LogP contribution in [0.1, 0.15) is 12.5 Å². The summed E-state index contributed by atoms with van der Waals surface area (Å²) in [5.41, 5.74) is 2.32. The van der Waals surface area contributed by atoms with Gasteiger partial charge in [-0.3, -0.25) is 0 Å². The summed E-state index contributed by atoms with van der Waals surface area (Å²) in [6.07, 6.45) is 0.973. The van der Waals surface area contributed by atoms with Gasteiger partial charge < -0.3 is 14.8 Å². The highest BCUT2D eigenvalue weighted by Crippen LogP contribution is 2.18. The molecule has 1 atom stereocenters. The Kier molecular flexibility index (Phi) is 6.54. The average Bonchev–Trinajstić information content (AvgIpc) is 2.68. The van der Waals surface area contributed by atoms with Gasteiger partial charge in [-0.1, -0.05) is 54.6 Å². The minimum atomic E-state index is 0.0695. The molecule has 26 heavy (non-hydrogen) atoms. The normalized spacial score (nSPS) is 11.6. The van der Waals surface area contributed by atoms with E-state index in [1.54, 1.807) is 0 Å². The molecular weight excluding hydrogens is 322 g/mol. The summed E-state index contributed by atoms with van der Waals surface area (Å²) in [6, 6.07) is 28.3. The van der Waals surface area contributed by atoms with E-state index in [4.69, 9.17) is 9.47 Å². The van der Waals surface area contributed by atoms with E-state index in [0.29, 0.717) is 6.61 Å². The zero-order valence-corrected chi connectivity index (χ0v) is 15.1. The van der Waals surface area contributed by atoms with Crippen molar-refractivity contribution >= 4 is 5.69 Å². The van der Waals surface area contributed by atoms with Crippen molar-refractivity contribution in [2.75, 3.05) is 18.5 Å². The van der Waals surface area contributed by atoms with Crippen molar-refractivity contribution in [2.45, 2.75) is 19.4 Å². The maximum absolute atomic E-state index is 5.89. The third-order valence-electron chi connectivity index (χ3n) is 4.01. The van der Waals surface area contributed by atoms with E-state index in [1.807, 2.05) is 60.7 Å². The van der Waals surface area contributed by atoms with Gasteiger partial charge in [0.15, 0.2) is 0 Å². The fraction of sp³-hybridized carbons (Fsp3) is 0.217. The molecule has 0 fully saturated rings. The lowest BCUT2D eigenvalue weighted by Crippen LogP contribution is -2.22. The monoisotopic (exact) mass is 347 g/mol. The lowest BCUT2D eigenvalue weighted by Gasteiger charge is -2.16. The van der Waals surface area contributed by atoms with Crippen LogP contribution in [-0.2, 0) is 6.42 Å². The summed E-state index contributed by atoms with van der Waals surface area (Å²) in [5, 5.41) is 3.41. The van der Waals surface area contributed by atoms with E-state index in [1.165, 1.54) is 5.56 Å². The number of anilines is 1. The van der Waals surface area contributed by atoms with E-state index in [0.717, 1.165) is 30.2 Å². The second kappa shape index (κ2) is 9.52. The molecule has 134 valence electrons. The maximum Gasteiger partial charge on any atom is 0.121 e. The molecule has 0 spiro atoms. The molecule has 0 saturated carbocycles. The van der Waals surface area contributed by atoms with Crippen LogP contribution in [-0.4, -0.2) is 19.3 Å². The van der Waals surface area contributed by atoms with Crippen LogP contribution < -0.4 is 14.8 Å². The molecule has 3 heteroatoms. The lowest BCUT2D eigenvalue weighted by atomic mass is 10.2. The van der Waals surface area contributed by atoms with E-state index < -0.39 is 0 Å². The molecular formula is C23H25NO2. The highest BCUT2D eigenvalue weighted by Gasteiger charge is 2.04. The first-order valence-electron chi connectivity index (χ1n) is 9.02. The smallest absolute Gasteiger partial charge is 0.121 e. The molecule has 3 aromatic carbocycles. The van der Waals surface area contributed by atoms with Crippen molar-refractivity contribution in [1.29, 1.82) is 0 Å². The standard InChI is InChI=1S/C23H25NO2/c1-19(26-22-12-6-3-7-13-22)18-24-21-11-8-14-23(17-21)25-16-15-20-9-4-2-5-10-20/h2-14,17,19,24H,15-16,18H2,1H3. The van der Waals surface area contributed by atoms with Gasteiger partial charge in [-0.25, -0.2) is 0 Å². The third kappa shape index (κ3) is 5.85. The molecule has 1 unspecified atom stereocenters. The number of para-hydroxylation sites is 1. The van der Waals surface area contributed by atoms with Crippen LogP contribution in [0.15, 0.2) is 84.9 Å². The van der Waals surface area contributed by atoms with Gasteiger partial charge in [0.2, 0.25) is 0 Å². The third-order valence-corrected chi connectivity index (χ3v) is 4.01. The first kappa shape index (κ1) is 17.9. The predicted molar refractivity (Wildman–Crippen MR) is 107 cm³/mol. The fourth-order valence-electron chi connectivity index (χ4n) is 2.66. The van der Waals surface area contributed by atoms with Gasteiger partial charge in [0.05, 0.1) is 13.2 Å². The highest BCUT2D eigenvalue weighted by atomic mass is 16.5. The van der Waals surface area contributed by atoms with Gasteiger partial charge in [-0.15, -0.1) is 0 Å². The summed E-state index contributed by atoms with van der Waals surface area (Å²) in [6.45, 7) is 3.45. The number of rotatable bonds is 9. The van der Waals surface area contributed by atoms with Crippen molar-refractivity contribution in [3.05, 3.63) is 90.5 Å². The van der Waals surface area contributed by atoms with Gasteiger partial charge in [-0.2, -0.15) is 0 Å². The molecule has 0 aliphatic carbocycles. The largest absolute Gasteiger partial charge is 0.493 e. The van der Waals surface area contributed by atoms with Crippen molar-refractivity contribution in [3.8, 4) is 11.5 Å². The lowest BCUT2D eigenvalue weighted by molar-refractivity contribution is 0.234. The Balaban J connectivity index is 1.44. The summed E-state index contributed by atoms with van der Waals surface area (Å²) in [5.74, 6) is 1.77. The van der Waals surface area contributed by atoms with Crippen LogP contribution in [0.4, 0.5) is 5.69 Å². The first-order chi connectivity index (χ1) is 12.8. The molecule has 0 saturated heterocycles. The topological polar surface area (TPSA) is 30.5 Å². The number of hydrogen-bond donors (Lipinski definition) is 1. The molecule has 3 rings (SSSR count). The van der Waals surface area contributed by atoms with Crippen LogP contribution >= 0.6 is 0 Å². The average molecular weight is 347 g/mol. The molecule has 0 aliphatic rings. The highest BCUT2D eigenvalue weighted by molar-refractivity contribution is 5.48. The van der Waals surface area contributed by atoms with Gasteiger partial charge in [0.1, 0.15) is 17.6 Å². The zero-order valence-electron chi connectivity index (χ0n) is 15.1.